The number of aromatic nitrogens is 2. The lowest BCUT2D eigenvalue weighted by atomic mass is 10.1. The minimum atomic E-state index is -4.93. The highest BCUT2D eigenvalue weighted by atomic mass is 32.1. The predicted molar refractivity (Wildman–Crippen MR) is 78.8 cm³/mol. The van der Waals surface area contributed by atoms with Crippen molar-refractivity contribution in [1.82, 2.24) is 10.1 Å². The monoisotopic (exact) mass is 352 g/mol. The number of carbonyl (C=O) groups excluding carboxylic acids is 2. The predicted octanol–water partition coefficient (Wildman–Crippen LogP) is 4.02. The van der Waals surface area contributed by atoms with Gasteiger partial charge in [0.2, 0.25) is 5.82 Å². The van der Waals surface area contributed by atoms with Crippen molar-refractivity contribution < 1.29 is 27.3 Å². The van der Waals surface area contributed by atoms with Gasteiger partial charge in [0.25, 0.3) is 11.7 Å². The van der Waals surface area contributed by atoms with Crippen LogP contribution in [-0.4, -0.2) is 28.4 Å². The number of aldehydes is 1. The Kier molecular flexibility index (Phi) is 4.02. The topological polar surface area (TPSA) is 73.1 Å². The number of alkyl halides is 3. The Bertz CT molecular complexity index is 897. The Balaban J connectivity index is 1.87. The maximum Gasteiger partial charge on any atom is 0.455 e. The second kappa shape index (κ2) is 6.00. The van der Waals surface area contributed by atoms with Crippen molar-refractivity contribution in [2.75, 3.05) is 0 Å². The first kappa shape index (κ1) is 16.1. The van der Waals surface area contributed by atoms with Crippen molar-refractivity contribution in [1.29, 1.82) is 0 Å². The van der Waals surface area contributed by atoms with Gasteiger partial charge in [0.15, 0.2) is 0 Å². The third kappa shape index (κ3) is 3.11. The molecule has 122 valence electrons. The summed E-state index contributed by atoms with van der Waals surface area (Å²) < 4.78 is 42.3. The Hall–Kier alpha value is -2.81. The quantitative estimate of drug-likeness (QED) is 0.524. The molecule has 2 heterocycles. The lowest BCUT2D eigenvalue weighted by Gasteiger charge is -2.00. The lowest BCUT2D eigenvalue weighted by Crippen LogP contribution is -2.21. The average molecular weight is 352 g/mol. The van der Waals surface area contributed by atoms with Crippen molar-refractivity contribution in [2.45, 2.75) is 6.18 Å². The normalized spacial score (nSPS) is 11.5. The molecule has 5 nitrogen and oxygen atoms in total. The van der Waals surface area contributed by atoms with E-state index >= 15 is 0 Å². The molecule has 0 saturated carbocycles. The molecule has 0 aliphatic rings. The minimum absolute atomic E-state index is 0.00990. The Morgan fingerprint density at radius 2 is 1.83 bits per heavy atom. The van der Waals surface area contributed by atoms with Crippen molar-refractivity contribution in [3.8, 4) is 22.2 Å². The van der Waals surface area contributed by atoms with Gasteiger partial charge in [-0.25, -0.2) is 0 Å². The van der Waals surface area contributed by atoms with E-state index in [1.807, 2.05) is 0 Å². The first-order valence-corrected chi connectivity index (χ1v) is 7.31. The molecule has 0 unspecified atom stereocenters. The largest absolute Gasteiger partial charge is 0.455 e. The molecule has 3 rings (SSSR count). The van der Waals surface area contributed by atoms with Crippen molar-refractivity contribution in [2.24, 2.45) is 0 Å². The average Bonchev–Trinajstić information content (AvgIpc) is 3.22. The van der Waals surface area contributed by atoms with Crippen molar-refractivity contribution >= 4 is 23.4 Å². The van der Waals surface area contributed by atoms with Crippen LogP contribution >= 0.6 is 11.3 Å². The van der Waals surface area contributed by atoms with E-state index in [2.05, 4.69) is 10.1 Å². The van der Waals surface area contributed by atoms with Crippen LogP contribution in [0.15, 0.2) is 40.9 Å². The summed E-state index contributed by atoms with van der Waals surface area (Å²) in [4.78, 5) is 25.7. The van der Waals surface area contributed by atoms with Crippen molar-refractivity contribution in [3.05, 3.63) is 46.8 Å². The van der Waals surface area contributed by atoms with Crippen molar-refractivity contribution in [3.63, 3.8) is 0 Å². The Morgan fingerprint density at radius 1 is 1.12 bits per heavy atom. The summed E-state index contributed by atoms with van der Waals surface area (Å²) in [5.74, 6) is -1.68. The highest BCUT2D eigenvalue weighted by Crippen LogP contribution is 2.32. The number of ketones is 1. The third-order valence-corrected chi connectivity index (χ3v) is 4.10. The molecule has 0 N–H and O–H groups in total. The van der Waals surface area contributed by atoms with Gasteiger partial charge in [0.05, 0.1) is 9.75 Å². The van der Waals surface area contributed by atoms with Gasteiger partial charge < -0.3 is 4.52 Å². The number of benzene rings is 1. The molecule has 24 heavy (non-hydrogen) atoms. The van der Waals surface area contributed by atoms with Crippen LogP contribution in [0.4, 0.5) is 13.2 Å². The zero-order valence-corrected chi connectivity index (χ0v) is 12.5. The second-order valence-corrected chi connectivity index (χ2v) is 5.74. The van der Waals surface area contributed by atoms with E-state index in [9.17, 15) is 22.8 Å². The summed E-state index contributed by atoms with van der Waals surface area (Å²) in [7, 11) is 0. The molecule has 2 aromatic heterocycles. The van der Waals surface area contributed by atoms with Crippen LogP contribution in [0.1, 0.15) is 20.0 Å². The zero-order chi connectivity index (χ0) is 17.3. The highest BCUT2D eigenvalue weighted by Gasteiger charge is 2.40. The fourth-order valence-electron chi connectivity index (χ4n) is 1.87. The van der Waals surface area contributed by atoms with Crippen LogP contribution in [0.2, 0.25) is 0 Å². The van der Waals surface area contributed by atoms with E-state index in [4.69, 9.17) is 4.52 Å². The van der Waals surface area contributed by atoms with Gasteiger partial charge in [0, 0.05) is 11.1 Å². The highest BCUT2D eigenvalue weighted by molar-refractivity contribution is 7.17. The molecule has 0 spiro atoms. The SMILES string of the molecule is O=Cc1ccc(-c2noc(-c3ccc(C(=O)C(F)(F)F)s3)n2)cc1. The van der Waals surface area contributed by atoms with E-state index < -0.39 is 16.8 Å². The Labute approximate surface area is 136 Å². The van der Waals surface area contributed by atoms with Gasteiger partial charge in [-0.1, -0.05) is 29.4 Å². The van der Waals surface area contributed by atoms with Gasteiger partial charge in [-0.2, -0.15) is 18.2 Å². The first-order chi connectivity index (χ1) is 11.4. The van der Waals surface area contributed by atoms with Crippen LogP contribution in [-0.2, 0) is 0 Å². The van der Waals surface area contributed by atoms with E-state index in [1.54, 1.807) is 24.3 Å². The summed E-state index contributed by atoms with van der Waals surface area (Å²) in [6, 6.07) is 8.76. The van der Waals surface area contributed by atoms with E-state index in [1.165, 1.54) is 6.07 Å². The van der Waals surface area contributed by atoms with Gasteiger partial charge in [-0.15, -0.1) is 11.3 Å². The first-order valence-electron chi connectivity index (χ1n) is 6.49. The molecule has 1 aromatic carbocycles. The molecule has 0 radical (unpaired) electrons. The minimum Gasteiger partial charge on any atom is -0.333 e. The van der Waals surface area contributed by atoms with Crippen LogP contribution in [0, 0.1) is 0 Å². The molecule has 0 bridgehead atoms. The van der Waals surface area contributed by atoms with Crippen LogP contribution in [0.5, 0.6) is 0 Å². The lowest BCUT2D eigenvalue weighted by molar-refractivity contribution is -0.0882. The number of carbonyl (C=O) groups is 2. The molecule has 0 atom stereocenters. The summed E-state index contributed by atoms with van der Waals surface area (Å²) in [5, 5.41) is 3.75. The maximum absolute atomic E-state index is 12.4. The Morgan fingerprint density at radius 3 is 2.46 bits per heavy atom. The molecule has 0 aliphatic carbocycles. The standard InChI is InChI=1S/C15H7F3N2O3S/c16-15(17,18)12(22)10-5-6-11(24-10)14-19-13(20-23-14)9-3-1-8(7-21)2-4-9/h1-7H. The fourth-order valence-corrected chi connectivity index (χ4v) is 2.75. The third-order valence-electron chi connectivity index (χ3n) is 3.03. The van der Waals surface area contributed by atoms with Gasteiger partial charge in [-0.05, 0) is 12.1 Å². The van der Waals surface area contributed by atoms with E-state index in [0.29, 0.717) is 28.7 Å². The molecule has 0 amide bonds. The fraction of sp³-hybridized carbons (Fsp3) is 0.0667. The molecule has 0 fully saturated rings. The summed E-state index contributed by atoms with van der Waals surface area (Å²) in [6.07, 6.45) is -4.24. The van der Waals surface area contributed by atoms with E-state index in [-0.39, 0.29) is 16.6 Å². The van der Waals surface area contributed by atoms with Crippen LogP contribution in [0.3, 0.4) is 0 Å². The molecule has 0 aliphatic heterocycles. The van der Waals surface area contributed by atoms with Gasteiger partial charge in [-0.3, -0.25) is 9.59 Å². The second-order valence-electron chi connectivity index (χ2n) is 4.65. The number of hydrogen-bond donors (Lipinski definition) is 0. The number of thiophene rings is 1. The summed E-state index contributed by atoms with van der Waals surface area (Å²) >= 11 is 0.623. The molecular formula is C15H7F3N2O3S. The number of rotatable bonds is 4. The zero-order valence-electron chi connectivity index (χ0n) is 11.7. The smallest absolute Gasteiger partial charge is 0.333 e. The number of nitrogens with zero attached hydrogens (tertiary/aromatic N) is 2. The van der Waals surface area contributed by atoms with Crippen LogP contribution in [0.25, 0.3) is 22.2 Å². The van der Waals surface area contributed by atoms with Crippen LogP contribution < -0.4 is 0 Å². The number of hydrogen-bond acceptors (Lipinski definition) is 6. The summed E-state index contributed by atoms with van der Waals surface area (Å²) in [6.45, 7) is 0. The number of halogens is 3. The van der Waals surface area contributed by atoms with Gasteiger partial charge in [0.1, 0.15) is 6.29 Å². The molecule has 9 heteroatoms. The van der Waals surface area contributed by atoms with E-state index in [0.717, 1.165) is 6.07 Å². The number of Topliss-reactive ketones (excluding diaryl/α,β-unsaturated/α-hetero) is 1. The molecular weight excluding hydrogens is 345 g/mol. The van der Waals surface area contributed by atoms with Gasteiger partial charge >= 0.3 is 6.18 Å². The molecule has 0 saturated heterocycles. The summed E-state index contributed by atoms with van der Waals surface area (Å²) in [5.41, 5.74) is 1.06. The maximum atomic E-state index is 12.4. The molecule has 3 aromatic rings.